The first kappa shape index (κ1) is 16.0. The van der Waals surface area contributed by atoms with Gasteiger partial charge in [0.15, 0.2) is 0 Å². The Morgan fingerprint density at radius 2 is 1.71 bits per heavy atom. The largest absolute Gasteiger partial charge is 0.367 e. The minimum absolute atomic E-state index is 0.0340. The van der Waals surface area contributed by atoms with Crippen LogP contribution in [0.3, 0.4) is 0 Å². The molecule has 0 saturated carbocycles. The summed E-state index contributed by atoms with van der Waals surface area (Å²) in [4.78, 5) is 16.4. The second-order valence-electron chi connectivity index (χ2n) is 4.91. The first-order chi connectivity index (χ1) is 11.4. The highest BCUT2D eigenvalue weighted by Gasteiger charge is 2.33. The second-order valence-corrected chi connectivity index (χ2v) is 6.47. The maximum absolute atomic E-state index is 11.8. The average Bonchev–Trinajstić information content (AvgIpc) is 2.94. The van der Waals surface area contributed by atoms with Gasteiger partial charge in [0.25, 0.3) is 0 Å². The molecule has 2 aromatic carbocycles. The third kappa shape index (κ3) is 3.36. The van der Waals surface area contributed by atoms with E-state index in [-0.39, 0.29) is 4.90 Å². The molecule has 9 heteroatoms. The van der Waals surface area contributed by atoms with Crippen molar-refractivity contribution >= 4 is 27.4 Å². The van der Waals surface area contributed by atoms with E-state index >= 15 is 0 Å². The van der Waals surface area contributed by atoms with E-state index in [1.165, 1.54) is 24.3 Å². The standard InChI is InChI=1S/C15H12N4O4S/c16-24(21,22)12-8-6-11(7-9-12)17-18-14-13(19-23-15(14)20)10-4-2-1-3-5-10/h1-9,14H,(H2,16,21,22). The number of hydrogen-bond donors (Lipinski definition) is 1. The molecular weight excluding hydrogens is 332 g/mol. The number of benzene rings is 2. The van der Waals surface area contributed by atoms with Crippen molar-refractivity contribution in [3.63, 3.8) is 0 Å². The number of rotatable bonds is 4. The lowest BCUT2D eigenvalue weighted by Crippen LogP contribution is -2.22. The zero-order valence-electron chi connectivity index (χ0n) is 12.2. The van der Waals surface area contributed by atoms with Crippen molar-refractivity contribution in [2.24, 2.45) is 20.5 Å². The molecule has 0 spiro atoms. The number of nitrogens with zero attached hydrogens (tertiary/aromatic N) is 3. The molecule has 3 rings (SSSR count). The van der Waals surface area contributed by atoms with Crippen molar-refractivity contribution in [2.75, 3.05) is 0 Å². The van der Waals surface area contributed by atoms with E-state index in [0.29, 0.717) is 17.0 Å². The van der Waals surface area contributed by atoms with Crippen molar-refractivity contribution in [2.45, 2.75) is 10.9 Å². The smallest absolute Gasteiger partial charge is 0.315 e. The fourth-order valence-corrected chi connectivity index (χ4v) is 2.57. The normalized spacial score (nSPS) is 17.8. The van der Waals surface area contributed by atoms with Gasteiger partial charge < -0.3 is 4.84 Å². The van der Waals surface area contributed by atoms with E-state index in [0.717, 1.165) is 0 Å². The number of azo groups is 1. The molecule has 0 aliphatic carbocycles. The molecule has 0 aromatic heterocycles. The number of carbonyl (C=O) groups excluding carboxylic acids is 1. The predicted octanol–water partition coefficient (Wildman–Crippen LogP) is 1.75. The van der Waals surface area contributed by atoms with Crippen LogP contribution >= 0.6 is 0 Å². The van der Waals surface area contributed by atoms with E-state index in [4.69, 9.17) is 5.14 Å². The van der Waals surface area contributed by atoms with Gasteiger partial charge in [-0.05, 0) is 24.3 Å². The number of oxime groups is 1. The van der Waals surface area contributed by atoms with E-state index in [1.54, 1.807) is 24.3 Å². The summed E-state index contributed by atoms with van der Waals surface area (Å²) in [6.45, 7) is 0. The van der Waals surface area contributed by atoms with Crippen molar-refractivity contribution in [1.29, 1.82) is 0 Å². The quantitative estimate of drug-likeness (QED) is 0.670. The average molecular weight is 344 g/mol. The van der Waals surface area contributed by atoms with Crippen LogP contribution < -0.4 is 5.14 Å². The summed E-state index contributed by atoms with van der Waals surface area (Å²) in [6.07, 6.45) is 0. The lowest BCUT2D eigenvalue weighted by atomic mass is 10.0. The topological polar surface area (TPSA) is 124 Å². The van der Waals surface area contributed by atoms with Crippen LogP contribution in [0.2, 0.25) is 0 Å². The third-order valence-corrected chi connectivity index (χ3v) is 4.17. The van der Waals surface area contributed by atoms with Gasteiger partial charge >= 0.3 is 5.97 Å². The fourth-order valence-electron chi connectivity index (χ4n) is 2.05. The highest BCUT2D eigenvalue weighted by molar-refractivity contribution is 7.89. The first-order valence-electron chi connectivity index (χ1n) is 6.83. The van der Waals surface area contributed by atoms with Crippen LogP contribution in [0, 0.1) is 0 Å². The van der Waals surface area contributed by atoms with Crippen LogP contribution in [0.4, 0.5) is 5.69 Å². The summed E-state index contributed by atoms with van der Waals surface area (Å²) in [5.41, 5.74) is 1.44. The first-order valence-corrected chi connectivity index (χ1v) is 8.38. The molecule has 122 valence electrons. The number of nitrogens with two attached hydrogens (primary N) is 1. The lowest BCUT2D eigenvalue weighted by Gasteiger charge is -2.03. The Balaban J connectivity index is 1.82. The monoisotopic (exact) mass is 344 g/mol. The van der Waals surface area contributed by atoms with E-state index in [9.17, 15) is 13.2 Å². The van der Waals surface area contributed by atoms with E-state index in [2.05, 4.69) is 20.2 Å². The summed E-state index contributed by atoms with van der Waals surface area (Å²) in [5, 5.41) is 16.7. The van der Waals surface area contributed by atoms with Crippen molar-refractivity contribution in [3.8, 4) is 0 Å². The number of primary sulfonamides is 1. The van der Waals surface area contributed by atoms with Gasteiger partial charge in [0.2, 0.25) is 16.1 Å². The van der Waals surface area contributed by atoms with Crippen LogP contribution in [0.5, 0.6) is 0 Å². The summed E-state index contributed by atoms with van der Waals surface area (Å²) in [6, 6.07) is 13.5. The van der Waals surface area contributed by atoms with Crippen LogP contribution in [0.15, 0.2) is 74.9 Å². The highest BCUT2D eigenvalue weighted by Crippen LogP contribution is 2.20. The van der Waals surface area contributed by atoms with Gasteiger partial charge in [0, 0.05) is 5.56 Å². The zero-order valence-corrected chi connectivity index (χ0v) is 13.1. The van der Waals surface area contributed by atoms with Crippen molar-refractivity contribution in [1.82, 2.24) is 0 Å². The maximum Gasteiger partial charge on any atom is 0.367 e. The molecule has 1 atom stereocenters. The second kappa shape index (κ2) is 6.30. The zero-order chi connectivity index (χ0) is 17.2. The van der Waals surface area contributed by atoms with E-state index in [1.807, 2.05) is 6.07 Å². The fraction of sp³-hybridized carbons (Fsp3) is 0.0667. The van der Waals surface area contributed by atoms with Gasteiger partial charge in [-0.15, -0.1) is 0 Å². The molecule has 24 heavy (non-hydrogen) atoms. The summed E-state index contributed by atoms with van der Waals surface area (Å²) in [7, 11) is -3.77. The van der Waals surface area contributed by atoms with Gasteiger partial charge in [-0.3, -0.25) is 0 Å². The Hall–Kier alpha value is -2.91. The van der Waals surface area contributed by atoms with Gasteiger partial charge in [-0.25, -0.2) is 18.4 Å². The Labute approximate surface area is 137 Å². The molecule has 1 aliphatic heterocycles. The molecule has 0 amide bonds. The Morgan fingerprint density at radius 1 is 1.04 bits per heavy atom. The van der Waals surface area contributed by atoms with Crippen LogP contribution in [0.25, 0.3) is 0 Å². The summed E-state index contributed by atoms with van der Waals surface area (Å²) >= 11 is 0. The molecule has 0 fully saturated rings. The molecular formula is C15H12N4O4S. The molecule has 8 nitrogen and oxygen atoms in total. The Bertz CT molecular complexity index is 922. The molecule has 0 radical (unpaired) electrons. The summed E-state index contributed by atoms with van der Waals surface area (Å²) < 4.78 is 22.4. The minimum atomic E-state index is -3.77. The number of carbonyl (C=O) groups is 1. The predicted molar refractivity (Wildman–Crippen MR) is 85.2 cm³/mol. The third-order valence-electron chi connectivity index (χ3n) is 3.24. The Morgan fingerprint density at radius 3 is 2.33 bits per heavy atom. The molecule has 0 saturated heterocycles. The maximum atomic E-state index is 11.8. The van der Waals surface area contributed by atoms with Crippen molar-refractivity contribution in [3.05, 3.63) is 60.2 Å². The van der Waals surface area contributed by atoms with Gasteiger partial charge in [0.1, 0.15) is 5.71 Å². The molecule has 0 bridgehead atoms. The van der Waals surface area contributed by atoms with E-state index < -0.39 is 22.0 Å². The lowest BCUT2D eigenvalue weighted by molar-refractivity contribution is -0.141. The number of hydrogen-bond acceptors (Lipinski definition) is 7. The van der Waals surface area contributed by atoms with Crippen LogP contribution in [-0.2, 0) is 19.7 Å². The molecule has 1 unspecified atom stereocenters. The number of sulfonamides is 1. The van der Waals surface area contributed by atoms with Crippen molar-refractivity contribution < 1.29 is 18.0 Å². The highest BCUT2D eigenvalue weighted by atomic mass is 32.2. The van der Waals surface area contributed by atoms with Crippen LogP contribution in [0.1, 0.15) is 5.56 Å². The van der Waals surface area contributed by atoms with Gasteiger partial charge in [-0.2, -0.15) is 10.2 Å². The van der Waals surface area contributed by atoms with Gasteiger partial charge in [-0.1, -0.05) is 35.5 Å². The van der Waals surface area contributed by atoms with Crippen LogP contribution in [-0.4, -0.2) is 26.1 Å². The molecule has 2 aromatic rings. The van der Waals surface area contributed by atoms with Gasteiger partial charge in [0.05, 0.1) is 10.6 Å². The minimum Gasteiger partial charge on any atom is -0.315 e. The SMILES string of the molecule is NS(=O)(=O)c1ccc(N=NC2C(=O)ON=C2c2ccccc2)cc1. The molecule has 2 N–H and O–H groups in total. The summed E-state index contributed by atoms with van der Waals surface area (Å²) in [5.74, 6) is -0.626. The molecule has 1 heterocycles. The molecule has 1 aliphatic rings. The Kier molecular flexibility index (Phi) is 4.19.